The van der Waals surface area contributed by atoms with Gasteiger partial charge in [-0.25, -0.2) is 14.4 Å². The molecular weight excluding hydrogens is 1550 g/mol. The number of methoxy groups -OCH3 is 2. The van der Waals surface area contributed by atoms with Crippen molar-refractivity contribution >= 4 is 115 Å². The van der Waals surface area contributed by atoms with E-state index in [2.05, 4.69) is 46.7 Å². The van der Waals surface area contributed by atoms with Gasteiger partial charge in [0.1, 0.15) is 60.8 Å². The molecule has 36 nitrogen and oxygen atoms in total. The van der Waals surface area contributed by atoms with Gasteiger partial charge in [0.05, 0.1) is 45.0 Å². The lowest BCUT2D eigenvalue weighted by molar-refractivity contribution is -0.156. The van der Waals surface area contributed by atoms with E-state index < -0.39 is 150 Å². The van der Waals surface area contributed by atoms with Crippen LogP contribution < -0.4 is 48.7 Å². The number of aldehydes is 1. The second kappa shape index (κ2) is 54.0. The molecule has 9 amide bonds. The van der Waals surface area contributed by atoms with Gasteiger partial charge in [-0.05, 0) is 123 Å². The number of hydrogen-bond acceptors (Lipinski definition) is 26. The van der Waals surface area contributed by atoms with Crippen LogP contribution >= 0.6 is 24.8 Å². The summed E-state index contributed by atoms with van der Waals surface area (Å²) in [4.78, 5) is 176. The number of halogens is 2. The molecule has 115 heavy (non-hydrogen) atoms. The van der Waals surface area contributed by atoms with Gasteiger partial charge >= 0.3 is 48.1 Å². The van der Waals surface area contributed by atoms with Gasteiger partial charge in [-0.3, -0.25) is 52.7 Å². The first kappa shape index (κ1) is 107. The number of amides is 9. The summed E-state index contributed by atoms with van der Waals surface area (Å²) in [6, 6.07) is 15.8. The van der Waals surface area contributed by atoms with Gasteiger partial charge in [0.15, 0.2) is 12.2 Å². The average molecular weight is 1670 g/mol. The molecule has 648 valence electrons. The van der Waals surface area contributed by atoms with E-state index in [1.807, 2.05) is 36.4 Å². The number of nitrogens with two attached hydrogens (primary N) is 2. The van der Waals surface area contributed by atoms with Gasteiger partial charge in [0, 0.05) is 48.1 Å². The number of aliphatic hydroxyl groups is 1. The van der Waals surface area contributed by atoms with E-state index in [0.29, 0.717) is 48.5 Å². The van der Waals surface area contributed by atoms with Gasteiger partial charge < -0.3 is 107 Å². The number of esters is 4. The number of carboxylic acid groups (broad SMARTS) is 1. The van der Waals surface area contributed by atoms with Gasteiger partial charge in [-0.15, -0.1) is 24.8 Å². The monoisotopic (exact) mass is 1670 g/mol. The van der Waals surface area contributed by atoms with Crippen molar-refractivity contribution in [2.75, 3.05) is 62.0 Å². The number of likely N-dealkylation sites (N-methyl/N-ethyl adjacent to an activating group) is 2. The van der Waals surface area contributed by atoms with Crippen molar-refractivity contribution in [3.8, 4) is 6.07 Å². The van der Waals surface area contributed by atoms with Crippen LogP contribution in [0.1, 0.15) is 183 Å². The van der Waals surface area contributed by atoms with Gasteiger partial charge in [-0.2, -0.15) is 5.26 Å². The van der Waals surface area contributed by atoms with Crippen molar-refractivity contribution in [1.29, 1.82) is 5.26 Å². The Kier molecular flexibility index (Phi) is 50.3. The summed E-state index contributed by atoms with van der Waals surface area (Å²) in [5.41, 5.74) is 11.1. The summed E-state index contributed by atoms with van der Waals surface area (Å²) in [6.07, 6.45) is 5.27. The molecule has 6 rings (SSSR count). The summed E-state index contributed by atoms with van der Waals surface area (Å²) in [7, 11) is 9.04. The van der Waals surface area contributed by atoms with Crippen LogP contribution in [0.3, 0.4) is 0 Å². The lowest BCUT2D eigenvalue weighted by atomic mass is 10.0. The van der Waals surface area contributed by atoms with Crippen molar-refractivity contribution in [3.05, 3.63) is 71.8 Å². The summed E-state index contributed by atoms with van der Waals surface area (Å²) in [5, 5.41) is 43.7. The minimum atomic E-state index is -1.35. The standard InChI is InChI=1S/C19H28N4O4.C17H28N2O7.C16H26N2O7.C11H19NO3.C10H14N2O.C4H5NO2.2ClH/c1-23(2)19(27)16(13-6-4-3-5-7-13)22-15(24)11-21-18(26)17(25)14(20)10-12-8-9-12;1-10(20)25-14(15(22)18-9-13(21)24-5)12(8-11-6-7-11)19-16(23)26-17(2,3)4;1-9(19)24-13(14(22)17-8-12(20)21)11(7-10-5-6-10)18-15(23)25-16(2,3)4;1-11(2,3)15-10(14)12-9(7-13)6-8-4-5-8;1-12(2)10(13)9(11)8-6-4-3-5-7-8;1-7-4(6)2-3-5;;/h3-7,12,14,16-17,25H,8-11,20H2,1-2H3,(H,21,26)(H,22,24);11-12,14H,6-9H2,1-5H3,(H,18,22)(H,19,23);10-11,13H,5-8H2,1-4H3,(H,17,22)(H,18,23)(H,20,21);7-9H,4-6H2,1-3H3,(H,12,14);3-7,9H,11H2,1-2H3;2H2,1H3;2*1H/t14?,16-,17?;;;;;;;/m0......./s1. The first-order chi connectivity index (χ1) is 52.6. The van der Waals surface area contributed by atoms with Crippen LogP contribution in [0.2, 0.25) is 0 Å². The zero-order chi connectivity index (χ0) is 86.1. The second-order valence-corrected chi connectivity index (χ2v) is 30.6. The number of nitriles is 1. The molecule has 4 aliphatic rings. The topological polar surface area (TPSA) is 528 Å². The third-order valence-corrected chi connectivity index (χ3v) is 15.8. The van der Waals surface area contributed by atoms with Crippen LogP contribution in [0, 0.1) is 35.0 Å². The highest BCUT2D eigenvalue weighted by molar-refractivity contribution is 5.92. The van der Waals surface area contributed by atoms with Crippen LogP contribution in [0.25, 0.3) is 0 Å². The first-order valence-corrected chi connectivity index (χ1v) is 37.0. The van der Waals surface area contributed by atoms with E-state index in [1.165, 1.54) is 43.8 Å². The summed E-state index contributed by atoms with van der Waals surface area (Å²) >= 11 is 0. The van der Waals surface area contributed by atoms with Crippen LogP contribution in [-0.2, 0) is 90.7 Å². The molecule has 0 heterocycles. The number of alkyl carbamates (subject to hydrolysis) is 3. The molecule has 0 saturated heterocycles. The lowest BCUT2D eigenvalue weighted by Gasteiger charge is -2.28. The molecule has 8 unspecified atom stereocenters. The minimum Gasteiger partial charge on any atom is -0.480 e. The fourth-order valence-electron chi connectivity index (χ4n) is 9.72. The Hall–Kier alpha value is -9.96. The Bertz CT molecular complexity index is 3460. The van der Waals surface area contributed by atoms with Gasteiger partial charge in [0.25, 0.3) is 17.7 Å². The molecule has 38 heteroatoms. The highest BCUT2D eigenvalue weighted by Gasteiger charge is 2.41. The Balaban J connectivity index is 0. The van der Waals surface area contributed by atoms with E-state index in [0.717, 1.165) is 63.7 Å². The Labute approximate surface area is 685 Å². The molecule has 0 aliphatic heterocycles. The van der Waals surface area contributed by atoms with Crippen LogP contribution in [0.15, 0.2) is 60.7 Å². The molecule has 0 aromatic heterocycles. The zero-order valence-corrected chi connectivity index (χ0v) is 70.5. The van der Waals surface area contributed by atoms with Crippen molar-refractivity contribution in [3.63, 3.8) is 0 Å². The van der Waals surface area contributed by atoms with Crippen molar-refractivity contribution < 1.29 is 115 Å². The van der Waals surface area contributed by atoms with E-state index in [-0.39, 0.29) is 56.1 Å². The van der Waals surface area contributed by atoms with Crippen LogP contribution in [-0.4, -0.2) is 231 Å². The van der Waals surface area contributed by atoms with Crippen molar-refractivity contribution in [2.45, 2.75) is 231 Å². The lowest BCUT2D eigenvalue weighted by Crippen LogP contribution is -2.54. The quantitative estimate of drug-likeness (QED) is 0.0266. The Morgan fingerprint density at radius 3 is 1.23 bits per heavy atom. The number of nitrogens with zero attached hydrogens (tertiary/aromatic N) is 3. The van der Waals surface area contributed by atoms with Crippen LogP contribution in [0.5, 0.6) is 0 Å². The maximum absolute atomic E-state index is 12.4. The second-order valence-electron chi connectivity index (χ2n) is 30.6. The molecule has 4 saturated carbocycles. The van der Waals surface area contributed by atoms with E-state index in [1.54, 1.807) is 121 Å². The fourth-order valence-corrected chi connectivity index (χ4v) is 9.72. The Morgan fingerprint density at radius 1 is 0.522 bits per heavy atom. The smallest absolute Gasteiger partial charge is 0.408 e. The predicted octanol–water partition coefficient (Wildman–Crippen LogP) is 4.82. The molecule has 0 bridgehead atoms. The maximum atomic E-state index is 12.4. The Morgan fingerprint density at radius 2 is 0.887 bits per heavy atom. The first-order valence-electron chi connectivity index (χ1n) is 37.0. The fraction of sp³-hybridized carbons (Fsp3) is 0.636. The third-order valence-electron chi connectivity index (χ3n) is 15.8. The van der Waals surface area contributed by atoms with E-state index in [9.17, 15) is 77.0 Å². The number of aliphatic hydroxyl groups excluding tert-OH is 1. The van der Waals surface area contributed by atoms with Crippen LogP contribution in [0.4, 0.5) is 14.4 Å². The number of carbonyl (C=O) groups is 15. The van der Waals surface area contributed by atoms with Crippen molar-refractivity contribution in [2.24, 2.45) is 35.1 Å². The maximum Gasteiger partial charge on any atom is 0.408 e. The number of benzene rings is 2. The summed E-state index contributed by atoms with van der Waals surface area (Å²) < 4.78 is 34.2. The predicted molar refractivity (Wildman–Crippen MR) is 423 cm³/mol. The molecule has 0 radical (unpaired) electrons. The summed E-state index contributed by atoms with van der Waals surface area (Å²) in [5.74, 6) is -5.04. The number of aliphatic carboxylic acids is 1. The molecule has 2 aromatic carbocycles. The zero-order valence-electron chi connectivity index (χ0n) is 68.9. The largest absolute Gasteiger partial charge is 0.480 e. The number of hydrogen-bond donors (Lipinski definition) is 11. The number of rotatable bonds is 32. The van der Waals surface area contributed by atoms with E-state index in [4.69, 9.17) is 45.5 Å². The molecule has 9 atom stereocenters. The highest BCUT2D eigenvalue weighted by Crippen LogP contribution is 2.37. The number of carboxylic acids is 1. The molecular formula is C77H122Cl2N12O24. The summed E-state index contributed by atoms with van der Waals surface area (Å²) in [6.45, 7) is 16.6. The molecule has 2 aromatic rings. The SMILES string of the molecule is CC(=O)OC(C(=O)NCC(=O)O)C(CC1CC1)NC(=O)OC(C)(C)C.CC(C)(C)OC(=O)NC(C=O)CC1CC1.CN(C)C(=O)C(N)c1ccccc1.CN(C)C(=O)[C@@H](NC(=O)CNC(=O)C(O)C(N)CC1CC1)c1ccccc1.COC(=O)CC#N.COC(=O)CNC(=O)C(OC(C)=O)C(CC1CC1)NC(=O)OC(C)(C)C.Cl.Cl. The van der Waals surface area contributed by atoms with Crippen molar-refractivity contribution in [1.82, 2.24) is 47.0 Å². The molecule has 13 N–H and O–H groups in total. The molecule has 4 fully saturated rings. The normalized spacial score (nSPS) is 15.3. The number of nitrogens with one attached hydrogen (secondary N) is 7. The van der Waals surface area contributed by atoms with Gasteiger partial charge in [0.2, 0.25) is 17.7 Å². The molecule has 4 aliphatic carbocycles. The highest BCUT2D eigenvalue weighted by atomic mass is 35.5. The third kappa shape index (κ3) is 51.5. The molecule has 0 spiro atoms. The minimum absolute atomic E-state index is 0. The number of carbonyl (C=O) groups excluding carboxylic acids is 14. The van der Waals surface area contributed by atoms with Gasteiger partial charge in [-0.1, -0.05) is 112 Å². The number of ether oxygens (including phenoxy) is 7. The van der Waals surface area contributed by atoms with E-state index >= 15 is 0 Å². The average Bonchev–Trinajstić information content (AvgIpc) is 1.81.